The summed E-state index contributed by atoms with van der Waals surface area (Å²) >= 11 is 12.7. The van der Waals surface area contributed by atoms with Crippen LogP contribution in [0, 0.1) is 0 Å². The van der Waals surface area contributed by atoms with Crippen molar-refractivity contribution in [2.24, 2.45) is 0 Å². The molecule has 0 aromatic rings. The van der Waals surface area contributed by atoms with Gasteiger partial charge in [0.15, 0.2) is 0 Å². The van der Waals surface area contributed by atoms with Gasteiger partial charge in [-0.15, -0.1) is 0 Å². The SMILES string of the molecule is II(I)(I)(I)I. The van der Waals surface area contributed by atoms with Crippen LogP contribution in [0.15, 0.2) is 0 Å². The Morgan fingerprint density at radius 1 is 0.667 bits per heavy atom. The Bertz CT molecular complexity index is 33.2. The van der Waals surface area contributed by atoms with Crippen molar-refractivity contribution in [1.29, 1.82) is 0 Å². The van der Waals surface area contributed by atoms with E-state index in [0.717, 1.165) is 0 Å². The molecule has 0 bridgehead atoms. The van der Waals surface area contributed by atoms with Gasteiger partial charge in [0.25, 0.3) is 0 Å². The molecule has 0 aliphatic heterocycles. The van der Waals surface area contributed by atoms with Crippen molar-refractivity contribution in [2.75, 3.05) is 0 Å². The monoisotopic (exact) mass is 761 g/mol. The van der Waals surface area contributed by atoms with Gasteiger partial charge in [-0.1, -0.05) is 0 Å². The zero-order chi connectivity index (χ0) is 5.45. The summed E-state index contributed by atoms with van der Waals surface area (Å²) in [6, 6.07) is 0. The van der Waals surface area contributed by atoms with Crippen LogP contribution in [0.4, 0.5) is 0 Å². The van der Waals surface area contributed by atoms with Crippen molar-refractivity contribution in [3.63, 3.8) is 0 Å². The zero-order valence-electron chi connectivity index (χ0n) is 2.27. The molecule has 0 aliphatic rings. The second kappa shape index (κ2) is 3.19. The molecule has 0 aromatic carbocycles. The van der Waals surface area contributed by atoms with Crippen molar-refractivity contribution < 1.29 is 0 Å². The van der Waals surface area contributed by atoms with Crippen LogP contribution in [0.25, 0.3) is 0 Å². The molecule has 42 valence electrons. The topological polar surface area (TPSA) is 0 Å². The summed E-state index contributed by atoms with van der Waals surface area (Å²) < 4.78 is -1.70. The summed E-state index contributed by atoms with van der Waals surface area (Å²) in [6.45, 7) is 0. The molecule has 0 atom stereocenters. The van der Waals surface area contributed by atoms with E-state index < -0.39 is -2.83 Å². The van der Waals surface area contributed by atoms with Gasteiger partial charge in [0.05, 0.1) is 0 Å². The summed E-state index contributed by atoms with van der Waals surface area (Å²) in [4.78, 5) is 0. The van der Waals surface area contributed by atoms with E-state index in [2.05, 4.69) is 93.1 Å². The molecular weight excluding hydrogens is 761 g/mol. The third kappa shape index (κ3) is 23.8. The fourth-order valence-corrected chi connectivity index (χ4v) is 0. The van der Waals surface area contributed by atoms with Crippen LogP contribution in [0.3, 0.4) is 0 Å². The minimum atomic E-state index is -1.70. The predicted octanol–water partition coefficient (Wildman–Crippen LogP) is 5.31. The molecule has 6 heteroatoms. The molecule has 0 heterocycles. The second-order valence-electron chi connectivity index (χ2n) is 0.540. The second-order valence-corrected chi connectivity index (χ2v) is 163. The van der Waals surface area contributed by atoms with Crippen molar-refractivity contribution in [2.45, 2.75) is 0 Å². The number of rotatable bonds is 0. The quantitative estimate of drug-likeness (QED) is 0.294. The van der Waals surface area contributed by atoms with Gasteiger partial charge in [0.2, 0.25) is 0 Å². The van der Waals surface area contributed by atoms with E-state index in [0.29, 0.717) is 0 Å². The molecule has 0 spiro atoms. The summed E-state index contributed by atoms with van der Waals surface area (Å²) in [7, 11) is 0. The van der Waals surface area contributed by atoms with Gasteiger partial charge in [-0.3, -0.25) is 0 Å². The fourth-order valence-electron chi connectivity index (χ4n) is 0. The van der Waals surface area contributed by atoms with Gasteiger partial charge >= 0.3 is 90.3 Å². The van der Waals surface area contributed by atoms with Gasteiger partial charge in [0, 0.05) is 0 Å². The summed E-state index contributed by atoms with van der Waals surface area (Å²) in [5.41, 5.74) is 0. The number of halogens is 6. The molecule has 0 fully saturated rings. The summed E-state index contributed by atoms with van der Waals surface area (Å²) in [5.74, 6) is 0. The van der Waals surface area contributed by atoms with Crippen molar-refractivity contribution in [3.8, 4) is 0 Å². The number of hydrogen-bond acceptors (Lipinski definition) is 0. The molecule has 0 saturated carbocycles. The molecule has 0 radical (unpaired) electrons. The first-order valence-corrected chi connectivity index (χ1v) is 32.1. The fraction of sp³-hybridized carbons (Fsp3) is 0. The van der Waals surface area contributed by atoms with Crippen molar-refractivity contribution in [3.05, 3.63) is 0 Å². The molecule has 0 N–H and O–H groups in total. The van der Waals surface area contributed by atoms with Crippen molar-refractivity contribution >= 4 is 90.3 Å². The molecule has 0 amide bonds. The van der Waals surface area contributed by atoms with E-state index in [9.17, 15) is 0 Å². The molecule has 0 rings (SSSR count). The van der Waals surface area contributed by atoms with Crippen molar-refractivity contribution in [1.82, 2.24) is 0 Å². The first kappa shape index (κ1) is 10.4. The number of hydrogen-bond donors (Lipinski definition) is 0. The molecular formula is I6. The van der Waals surface area contributed by atoms with E-state index in [-0.39, 0.29) is 0 Å². The van der Waals surface area contributed by atoms with E-state index in [1.54, 1.807) is 0 Å². The maximum atomic E-state index is 2.54. The van der Waals surface area contributed by atoms with Crippen LogP contribution in [-0.4, -0.2) is 0 Å². The molecule has 0 aromatic heterocycles. The third-order valence-electron chi connectivity index (χ3n) is 0. The van der Waals surface area contributed by atoms with Gasteiger partial charge in [-0.05, 0) is 0 Å². The molecule has 0 unspecified atom stereocenters. The van der Waals surface area contributed by atoms with Gasteiger partial charge in [0.1, 0.15) is 0 Å². The Morgan fingerprint density at radius 3 is 0.667 bits per heavy atom. The molecule has 6 heavy (non-hydrogen) atoms. The summed E-state index contributed by atoms with van der Waals surface area (Å²) in [5, 5.41) is 0. The van der Waals surface area contributed by atoms with Crippen LogP contribution in [0.5, 0.6) is 0 Å². The van der Waals surface area contributed by atoms with E-state index in [1.165, 1.54) is 0 Å². The van der Waals surface area contributed by atoms with Crippen LogP contribution in [0.1, 0.15) is 0 Å². The van der Waals surface area contributed by atoms with Crippen LogP contribution < -0.4 is 0 Å². The first-order chi connectivity index (χ1) is 2.24. The third-order valence-corrected chi connectivity index (χ3v) is 0. The Labute approximate surface area is 86.6 Å². The van der Waals surface area contributed by atoms with Gasteiger partial charge in [-0.2, -0.15) is 0 Å². The average Bonchev–Trinajstić information content (AvgIpc) is 0.650. The minimum absolute atomic E-state index is 1.70. The molecule has 0 nitrogen and oxygen atoms in total. The van der Waals surface area contributed by atoms with Crippen LogP contribution in [0.2, 0.25) is 0 Å². The predicted molar refractivity (Wildman–Crippen MR) is 84.1 cm³/mol. The van der Waals surface area contributed by atoms with Gasteiger partial charge in [-0.25, -0.2) is 0 Å². The Hall–Kier alpha value is 4.38. The zero-order valence-corrected chi connectivity index (χ0v) is 15.2. The van der Waals surface area contributed by atoms with E-state index >= 15 is 0 Å². The Balaban J connectivity index is 3.73. The van der Waals surface area contributed by atoms with Crippen LogP contribution >= 0.6 is 90.3 Å². The normalized spacial score (nSPS) is 19.2. The average molecular weight is 761 g/mol. The molecule has 0 saturated heterocycles. The van der Waals surface area contributed by atoms with E-state index in [1.807, 2.05) is 0 Å². The van der Waals surface area contributed by atoms with Gasteiger partial charge < -0.3 is 0 Å². The van der Waals surface area contributed by atoms with E-state index in [4.69, 9.17) is 0 Å². The standard InChI is InChI=1S/I6/c1-6(2,3,4)5. The van der Waals surface area contributed by atoms with Crippen LogP contribution in [-0.2, 0) is 0 Å². The molecule has 0 aliphatic carbocycles. The Morgan fingerprint density at radius 2 is 0.667 bits per heavy atom. The maximum absolute atomic E-state index is 2.54. The Kier molecular flexibility index (Phi) is 5.51. The first-order valence-electron chi connectivity index (χ1n) is 0.714. The summed E-state index contributed by atoms with van der Waals surface area (Å²) in [6.07, 6.45) is 0.